The molecule has 0 aliphatic carbocycles. The van der Waals surface area contributed by atoms with Crippen LogP contribution in [0.25, 0.3) is 0 Å². The maximum atomic E-state index is 8.49. The summed E-state index contributed by atoms with van der Waals surface area (Å²) in [7, 11) is 1.66. The van der Waals surface area contributed by atoms with Crippen LogP contribution in [-0.2, 0) is 33.2 Å². The molecule has 0 aromatic heterocycles. The lowest BCUT2D eigenvalue weighted by molar-refractivity contribution is -0.0194. The van der Waals surface area contributed by atoms with Crippen LogP contribution in [0, 0.1) is 0 Å². The Morgan fingerprint density at radius 1 is 0.667 bits per heavy atom. The van der Waals surface area contributed by atoms with Crippen molar-refractivity contribution >= 4 is 0 Å². The Labute approximate surface area is 239 Å². The normalized spacial score (nSPS) is 12.8. The standard InChI is InChI=1S/3C10H20O3/c2*1-4-10(8-12-6-5-11)13-7-9(2)3;1-4-6-13-10(5-2)9-12-8-7-11-3/h2*10-11H,2,4-8H2,1,3H3;4,10H,1,5-9H2,2-3H3. The highest BCUT2D eigenvalue weighted by Crippen LogP contribution is 2.02. The first-order valence-electron chi connectivity index (χ1n) is 13.9. The Balaban J connectivity index is -0.000000498. The summed E-state index contributed by atoms with van der Waals surface area (Å²) in [6, 6.07) is 0. The molecular weight excluding hydrogens is 504 g/mol. The van der Waals surface area contributed by atoms with Gasteiger partial charge in [0.2, 0.25) is 0 Å². The molecule has 0 spiro atoms. The van der Waals surface area contributed by atoms with Gasteiger partial charge in [-0.1, -0.05) is 51.2 Å². The van der Waals surface area contributed by atoms with E-state index in [-0.39, 0.29) is 31.5 Å². The number of methoxy groups -OCH3 is 1. The van der Waals surface area contributed by atoms with Crippen LogP contribution in [0.15, 0.2) is 37.0 Å². The van der Waals surface area contributed by atoms with Crippen LogP contribution >= 0.6 is 0 Å². The van der Waals surface area contributed by atoms with Crippen molar-refractivity contribution in [3.8, 4) is 0 Å². The van der Waals surface area contributed by atoms with Crippen molar-refractivity contribution in [1.29, 1.82) is 0 Å². The molecule has 39 heavy (non-hydrogen) atoms. The zero-order valence-electron chi connectivity index (χ0n) is 25.8. The lowest BCUT2D eigenvalue weighted by atomic mass is 10.3. The molecule has 9 nitrogen and oxygen atoms in total. The van der Waals surface area contributed by atoms with Crippen LogP contribution < -0.4 is 0 Å². The van der Waals surface area contributed by atoms with Crippen molar-refractivity contribution in [2.45, 2.75) is 72.2 Å². The monoisotopic (exact) mass is 564 g/mol. The Hall–Kier alpha value is -1.14. The minimum absolute atomic E-state index is 0.0664. The average Bonchev–Trinajstić information content (AvgIpc) is 2.92. The van der Waals surface area contributed by atoms with E-state index in [1.807, 2.05) is 27.7 Å². The highest BCUT2D eigenvalue weighted by atomic mass is 16.6. The lowest BCUT2D eigenvalue weighted by Crippen LogP contribution is -2.20. The van der Waals surface area contributed by atoms with Crippen molar-refractivity contribution < 1.29 is 43.4 Å². The summed E-state index contributed by atoms with van der Waals surface area (Å²) in [5, 5.41) is 17.0. The molecule has 0 radical (unpaired) electrons. The van der Waals surface area contributed by atoms with Gasteiger partial charge in [-0.15, -0.1) is 6.58 Å². The molecule has 3 unspecified atom stereocenters. The predicted octanol–water partition coefficient (Wildman–Crippen LogP) is 4.36. The molecule has 0 aliphatic rings. The molecular formula is C30H60O9. The van der Waals surface area contributed by atoms with Crippen LogP contribution in [-0.4, -0.2) is 115 Å². The first kappa shape index (κ1) is 42.3. The minimum Gasteiger partial charge on any atom is -0.394 e. The summed E-state index contributed by atoms with van der Waals surface area (Å²) in [6.07, 6.45) is 4.94. The Kier molecular flexibility index (Phi) is 37.9. The first-order valence-corrected chi connectivity index (χ1v) is 13.9. The van der Waals surface area contributed by atoms with Crippen molar-refractivity contribution in [3.05, 3.63) is 37.0 Å². The first-order chi connectivity index (χ1) is 18.7. The lowest BCUT2D eigenvalue weighted by Gasteiger charge is -2.15. The highest BCUT2D eigenvalue weighted by Gasteiger charge is 2.07. The molecule has 2 N–H and O–H groups in total. The number of aliphatic hydroxyl groups is 2. The Morgan fingerprint density at radius 3 is 1.36 bits per heavy atom. The summed E-state index contributed by atoms with van der Waals surface area (Å²) in [4.78, 5) is 0. The molecule has 0 rings (SSSR count). The van der Waals surface area contributed by atoms with Gasteiger partial charge in [-0.25, -0.2) is 0 Å². The van der Waals surface area contributed by atoms with Crippen LogP contribution in [0.3, 0.4) is 0 Å². The minimum atomic E-state index is 0.0664. The fourth-order valence-corrected chi connectivity index (χ4v) is 2.49. The van der Waals surface area contributed by atoms with E-state index in [1.54, 1.807) is 13.2 Å². The van der Waals surface area contributed by atoms with E-state index in [2.05, 4.69) is 26.7 Å². The molecule has 0 fully saturated rings. The second-order valence-corrected chi connectivity index (χ2v) is 8.91. The van der Waals surface area contributed by atoms with Gasteiger partial charge in [-0.05, 0) is 33.1 Å². The molecule has 0 amide bonds. The highest BCUT2D eigenvalue weighted by molar-refractivity contribution is 4.88. The van der Waals surface area contributed by atoms with Gasteiger partial charge < -0.3 is 43.4 Å². The van der Waals surface area contributed by atoms with Gasteiger partial charge in [0.1, 0.15) is 0 Å². The van der Waals surface area contributed by atoms with Crippen molar-refractivity contribution in [2.75, 3.05) is 86.4 Å². The maximum absolute atomic E-state index is 8.49. The topological polar surface area (TPSA) is 105 Å². The molecule has 234 valence electrons. The summed E-state index contributed by atoms with van der Waals surface area (Å²) in [5.74, 6) is 0. The number of hydrogen-bond donors (Lipinski definition) is 2. The van der Waals surface area contributed by atoms with E-state index in [0.29, 0.717) is 66.1 Å². The largest absolute Gasteiger partial charge is 0.394 e. The zero-order chi connectivity index (χ0) is 30.2. The second-order valence-electron chi connectivity index (χ2n) is 8.91. The second kappa shape index (κ2) is 34.9. The van der Waals surface area contributed by atoms with Crippen LogP contribution in [0.5, 0.6) is 0 Å². The summed E-state index contributed by atoms with van der Waals surface area (Å²) >= 11 is 0. The van der Waals surface area contributed by atoms with E-state index in [1.165, 1.54) is 0 Å². The SMILES string of the molecule is C=C(C)COC(CC)COCCO.C=C(C)COC(CC)COCCO.C=CCOC(CC)COCCOC. The number of aliphatic hydroxyl groups excluding tert-OH is 2. The van der Waals surface area contributed by atoms with Gasteiger partial charge in [-0.2, -0.15) is 0 Å². The van der Waals surface area contributed by atoms with E-state index in [9.17, 15) is 0 Å². The fourth-order valence-electron chi connectivity index (χ4n) is 2.49. The van der Waals surface area contributed by atoms with Crippen molar-refractivity contribution in [2.24, 2.45) is 0 Å². The maximum Gasteiger partial charge on any atom is 0.0810 e. The van der Waals surface area contributed by atoms with E-state index in [0.717, 1.165) is 30.4 Å². The summed E-state index contributed by atoms with van der Waals surface area (Å²) in [5.41, 5.74) is 2.03. The summed E-state index contributed by atoms with van der Waals surface area (Å²) in [6.45, 7) is 26.8. The predicted molar refractivity (Wildman–Crippen MR) is 158 cm³/mol. The number of hydrogen-bond acceptors (Lipinski definition) is 9. The molecule has 0 heterocycles. The number of ether oxygens (including phenoxy) is 7. The number of rotatable bonds is 25. The smallest absolute Gasteiger partial charge is 0.0810 e. The third-order valence-corrected chi connectivity index (χ3v) is 4.76. The molecule has 0 aromatic carbocycles. The average molecular weight is 565 g/mol. The van der Waals surface area contributed by atoms with Gasteiger partial charge in [-0.3, -0.25) is 0 Å². The molecule has 9 heteroatoms. The molecule has 0 bridgehead atoms. The molecule has 0 saturated carbocycles. The van der Waals surface area contributed by atoms with Crippen LogP contribution in [0.1, 0.15) is 53.9 Å². The summed E-state index contributed by atoms with van der Waals surface area (Å²) < 4.78 is 36.9. The molecule has 0 aromatic rings. The van der Waals surface area contributed by atoms with Gasteiger partial charge >= 0.3 is 0 Å². The van der Waals surface area contributed by atoms with Gasteiger partial charge in [0.15, 0.2) is 0 Å². The molecule has 0 saturated heterocycles. The fraction of sp³-hybridized carbons (Fsp3) is 0.800. The third kappa shape index (κ3) is 36.9. The Morgan fingerprint density at radius 2 is 1.05 bits per heavy atom. The quantitative estimate of drug-likeness (QED) is 0.124. The van der Waals surface area contributed by atoms with E-state index >= 15 is 0 Å². The van der Waals surface area contributed by atoms with Gasteiger partial charge in [0.25, 0.3) is 0 Å². The van der Waals surface area contributed by atoms with Crippen LogP contribution in [0.2, 0.25) is 0 Å². The van der Waals surface area contributed by atoms with E-state index in [4.69, 9.17) is 43.4 Å². The van der Waals surface area contributed by atoms with Crippen molar-refractivity contribution in [3.63, 3.8) is 0 Å². The zero-order valence-corrected chi connectivity index (χ0v) is 25.8. The van der Waals surface area contributed by atoms with E-state index < -0.39 is 0 Å². The van der Waals surface area contributed by atoms with Crippen LogP contribution in [0.4, 0.5) is 0 Å². The van der Waals surface area contributed by atoms with Gasteiger partial charge in [0, 0.05) is 7.11 Å². The molecule has 3 atom stereocenters. The molecule has 0 aliphatic heterocycles. The third-order valence-electron chi connectivity index (χ3n) is 4.76. The Bertz CT molecular complexity index is 497. The van der Waals surface area contributed by atoms with Gasteiger partial charge in [0.05, 0.1) is 97.6 Å². The van der Waals surface area contributed by atoms with Crippen molar-refractivity contribution in [1.82, 2.24) is 0 Å².